The molecule has 2 amide bonds. The lowest BCUT2D eigenvalue weighted by Crippen LogP contribution is -2.41. The summed E-state index contributed by atoms with van der Waals surface area (Å²) < 4.78 is 0. The van der Waals surface area contributed by atoms with E-state index in [0.717, 1.165) is 17.0 Å². The van der Waals surface area contributed by atoms with Crippen molar-refractivity contribution < 1.29 is 9.59 Å². The molecule has 0 saturated heterocycles. The van der Waals surface area contributed by atoms with Crippen LogP contribution in [0.4, 0.5) is 5.13 Å². The van der Waals surface area contributed by atoms with Gasteiger partial charge in [0.25, 0.3) is 5.91 Å². The van der Waals surface area contributed by atoms with Crippen LogP contribution in [0.5, 0.6) is 0 Å². The first-order valence-corrected chi connectivity index (χ1v) is 9.07. The van der Waals surface area contributed by atoms with Crippen LogP contribution in [0.1, 0.15) is 55.5 Å². The molecule has 1 heterocycles. The van der Waals surface area contributed by atoms with Crippen LogP contribution >= 0.6 is 11.3 Å². The Morgan fingerprint density at radius 3 is 2.32 bits per heavy atom. The quantitative estimate of drug-likeness (QED) is 0.858. The van der Waals surface area contributed by atoms with E-state index in [0.29, 0.717) is 10.7 Å². The van der Waals surface area contributed by atoms with Gasteiger partial charge in [-0.2, -0.15) is 0 Å². The van der Waals surface area contributed by atoms with Crippen molar-refractivity contribution in [3.63, 3.8) is 0 Å². The zero-order valence-electron chi connectivity index (χ0n) is 15.2. The summed E-state index contributed by atoms with van der Waals surface area (Å²) in [6.45, 7) is 9.96. The van der Waals surface area contributed by atoms with E-state index in [1.165, 1.54) is 11.3 Å². The standard InChI is InChI=1S/C18H24N4O2S/c1-6-14-21-22-17(25-14)20-15(23)11(2)19-16(24)12-7-9-13(10-8-12)18(3,4)5/h7-11H,6H2,1-5H3,(H,19,24)(H,20,22,23). The minimum Gasteiger partial charge on any atom is -0.341 e. The minimum absolute atomic E-state index is 0.0290. The molecule has 1 unspecified atom stereocenters. The van der Waals surface area contributed by atoms with Gasteiger partial charge >= 0.3 is 0 Å². The maximum Gasteiger partial charge on any atom is 0.251 e. The van der Waals surface area contributed by atoms with Gasteiger partial charge < -0.3 is 5.32 Å². The molecule has 1 atom stereocenters. The van der Waals surface area contributed by atoms with Crippen LogP contribution in [0.15, 0.2) is 24.3 Å². The summed E-state index contributed by atoms with van der Waals surface area (Å²) in [5.74, 6) is -0.604. The van der Waals surface area contributed by atoms with Crippen LogP contribution < -0.4 is 10.6 Å². The zero-order chi connectivity index (χ0) is 18.6. The van der Waals surface area contributed by atoms with Gasteiger partial charge in [-0.1, -0.05) is 51.2 Å². The lowest BCUT2D eigenvalue weighted by molar-refractivity contribution is -0.117. The highest BCUT2D eigenvalue weighted by Crippen LogP contribution is 2.22. The van der Waals surface area contributed by atoms with Crippen molar-refractivity contribution in [2.24, 2.45) is 0 Å². The maximum absolute atomic E-state index is 12.3. The summed E-state index contributed by atoms with van der Waals surface area (Å²) in [4.78, 5) is 24.5. The van der Waals surface area contributed by atoms with Gasteiger partial charge in [-0.25, -0.2) is 0 Å². The fraction of sp³-hybridized carbons (Fsp3) is 0.444. The highest BCUT2D eigenvalue weighted by atomic mass is 32.1. The number of nitrogens with one attached hydrogen (secondary N) is 2. The number of nitrogens with zero attached hydrogens (tertiary/aromatic N) is 2. The molecule has 1 aromatic carbocycles. The Kier molecular flexibility index (Phi) is 5.89. The molecule has 1 aromatic heterocycles. The Hall–Kier alpha value is -2.28. The summed E-state index contributed by atoms with van der Waals surface area (Å²) in [7, 11) is 0. The molecule has 7 heteroatoms. The van der Waals surface area contributed by atoms with Gasteiger partial charge in [-0.15, -0.1) is 10.2 Å². The average Bonchev–Trinajstić information content (AvgIpc) is 3.01. The zero-order valence-corrected chi connectivity index (χ0v) is 16.0. The van der Waals surface area contributed by atoms with Gasteiger partial charge in [0.05, 0.1) is 0 Å². The molecule has 0 radical (unpaired) electrons. The largest absolute Gasteiger partial charge is 0.341 e. The van der Waals surface area contributed by atoms with Crippen molar-refractivity contribution in [1.82, 2.24) is 15.5 Å². The number of hydrogen-bond acceptors (Lipinski definition) is 5. The van der Waals surface area contributed by atoms with E-state index in [-0.39, 0.29) is 17.2 Å². The number of rotatable bonds is 5. The smallest absolute Gasteiger partial charge is 0.251 e. The van der Waals surface area contributed by atoms with E-state index < -0.39 is 6.04 Å². The lowest BCUT2D eigenvalue weighted by atomic mass is 9.86. The molecule has 0 bridgehead atoms. The van der Waals surface area contributed by atoms with Crippen molar-refractivity contribution in [1.29, 1.82) is 0 Å². The van der Waals surface area contributed by atoms with E-state index in [2.05, 4.69) is 41.6 Å². The first-order valence-electron chi connectivity index (χ1n) is 8.25. The summed E-state index contributed by atoms with van der Waals surface area (Å²) in [6, 6.07) is 6.75. The van der Waals surface area contributed by atoms with E-state index in [1.54, 1.807) is 19.1 Å². The van der Waals surface area contributed by atoms with Gasteiger partial charge in [0.1, 0.15) is 11.0 Å². The number of carbonyl (C=O) groups is 2. The molecule has 0 spiro atoms. The molecule has 0 aliphatic heterocycles. The second-order valence-electron chi connectivity index (χ2n) is 6.87. The molecule has 0 fully saturated rings. The Balaban J connectivity index is 1.95. The molecule has 0 saturated carbocycles. The third-order valence-corrected chi connectivity index (χ3v) is 4.74. The number of aromatic nitrogens is 2. The predicted octanol–water partition coefficient (Wildman–Crippen LogP) is 3.16. The molecule has 0 aliphatic carbocycles. The van der Waals surface area contributed by atoms with Gasteiger partial charge in [0.2, 0.25) is 11.0 Å². The van der Waals surface area contributed by atoms with Crippen LogP contribution in [0.25, 0.3) is 0 Å². The molecule has 2 N–H and O–H groups in total. The second-order valence-corrected chi connectivity index (χ2v) is 7.93. The van der Waals surface area contributed by atoms with Crippen molar-refractivity contribution in [3.05, 3.63) is 40.4 Å². The molecular formula is C18H24N4O2S. The lowest BCUT2D eigenvalue weighted by Gasteiger charge is -2.19. The predicted molar refractivity (Wildman–Crippen MR) is 100.0 cm³/mol. The van der Waals surface area contributed by atoms with Gasteiger partial charge in [-0.3, -0.25) is 14.9 Å². The number of amides is 2. The van der Waals surface area contributed by atoms with Crippen molar-refractivity contribution in [2.75, 3.05) is 5.32 Å². The fourth-order valence-corrected chi connectivity index (χ4v) is 2.81. The third kappa shape index (κ3) is 5.09. The van der Waals surface area contributed by atoms with Crippen molar-refractivity contribution >= 4 is 28.3 Å². The SMILES string of the molecule is CCc1nnc(NC(=O)C(C)NC(=O)c2ccc(C(C)(C)C)cc2)s1. The van der Waals surface area contributed by atoms with Crippen LogP contribution in [0.2, 0.25) is 0 Å². The van der Waals surface area contributed by atoms with E-state index >= 15 is 0 Å². The van der Waals surface area contributed by atoms with E-state index in [9.17, 15) is 9.59 Å². The Morgan fingerprint density at radius 1 is 1.16 bits per heavy atom. The number of hydrogen-bond donors (Lipinski definition) is 2. The normalized spacial score (nSPS) is 12.5. The van der Waals surface area contributed by atoms with Crippen LogP contribution in [0, 0.1) is 0 Å². The highest BCUT2D eigenvalue weighted by molar-refractivity contribution is 7.15. The molecule has 2 rings (SSSR count). The molecular weight excluding hydrogens is 336 g/mol. The number of anilines is 1. The van der Waals surface area contributed by atoms with Crippen molar-refractivity contribution in [2.45, 2.75) is 52.5 Å². The first kappa shape index (κ1) is 19.1. The topological polar surface area (TPSA) is 84.0 Å². The number of benzene rings is 1. The highest BCUT2D eigenvalue weighted by Gasteiger charge is 2.19. The van der Waals surface area contributed by atoms with Crippen LogP contribution in [-0.2, 0) is 16.6 Å². The van der Waals surface area contributed by atoms with Crippen molar-refractivity contribution in [3.8, 4) is 0 Å². The van der Waals surface area contributed by atoms with Gasteiger partial charge in [0, 0.05) is 5.56 Å². The number of carbonyl (C=O) groups excluding carboxylic acids is 2. The van der Waals surface area contributed by atoms with Crippen LogP contribution in [0.3, 0.4) is 0 Å². The Bertz CT molecular complexity index is 747. The summed E-state index contributed by atoms with van der Waals surface area (Å²) in [5, 5.41) is 14.5. The van der Waals surface area contributed by atoms with E-state index in [1.807, 2.05) is 19.1 Å². The molecule has 25 heavy (non-hydrogen) atoms. The fourth-order valence-electron chi connectivity index (χ4n) is 2.13. The van der Waals surface area contributed by atoms with E-state index in [4.69, 9.17) is 0 Å². The summed E-state index contributed by atoms with van der Waals surface area (Å²) in [5.41, 5.74) is 1.70. The monoisotopic (exact) mass is 360 g/mol. The van der Waals surface area contributed by atoms with Crippen LogP contribution in [-0.4, -0.2) is 28.1 Å². The number of aryl methyl sites for hydroxylation is 1. The molecule has 2 aromatic rings. The molecule has 0 aliphatic rings. The first-order chi connectivity index (χ1) is 11.7. The molecule has 134 valence electrons. The third-order valence-electron chi connectivity index (χ3n) is 3.75. The second kappa shape index (κ2) is 7.74. The molecule has 6 nitrogen and oxygen atoms in total. The summed E-state index contributed by atoms with van der Waals surface area (Å²) in [6.07, 6.45) is 0.768. The Labute approximate surface area is 152 Å². The Morgan fingerprint density at radius 2 is 1.80 bits per heavy atom. The minimum atomic E-state index is -0.677. The van der Waals surface area contributed by atoms with Gasteiger partial charge in [-0.05, 0) is 36.5 Å². The maximum atomic E-state index is 12.3. The average molecular weight is 360 g/mol. The van der Waals surface area contributed by atoms with Gasteiger partial charge in [0.15, 0.2) is 0 Å². The summed E-state index contributed by atoms with van der Waals surface area (Å²) >= 11 is 1.33.